The lowest BCUT2D eigenvalue weighted by Crippen LogP contribution is -2.18. The van der Waals surface area contributed by atoms with Crippen molar-refractivity contribution in [2.24, 2.45) is 5.10 Å². The Balaban J connectivity index is 1.65. The van der Waals surface area contributed by atoms with Crippen molar-refractivity contribution in [3.63, 3.8) is 0 Å². The van der Waals surface area contributed by atoms with Crippen LogP contribution < -0.4 is 15.9 Å². The second-order valence-electron chi connectivity index (χ2n) is 5.27. The molecule has 0 fully saturated rings. The first-order valence-corrected chi connectivity index (χ1v) is 7.73. The second kappa shape index (κ2) is 7.79. The lowest BCUT2D eigenvalue weighted by molar-refractivity contribution is 0.0956. The molecule has 1 amide bonds. The third-order valence-electron chi connectivity index (χ3n) is 3.42. The maximum atomic E-state index is 12.0. The summed E-state index contributed by atoms with van der Waals surface area (Å²) in [5.74, 6) is 1.09. The van der Waals surface area contributed by atoms with Gasteiger partial charge in [-0.3, -0.25) is 4.79 Å². The van der Waals surface area contributed by atoms with Gasteiger partial charge in [0.25, 0.3) is 5.91 Å². The molecule has 0 aromatic heterocycles. The van der Waals surface area contributed by atoms with Crippen molar-refractivity contribution >= 4 is 17.8 Å². The van der Waals surface area contributed by atoms with E-state index in [1.165, 1.54) is 0 Å². The van der Waals surface area contributed by atoms with Crippen molar-refractivity contribution in [2.75, 3.05) is 5.73 Å². The smallest absolute Gasteiger partial charge is 0.273 e. The Morgan fingerprint density at radius 3 is 2.44 bits per heavy atom. The number of nitrogen functional groups attached to an aromatic ring is 1. The number of hydrazone groups is 1. The van der Waals surface area contributed by atoms with Gasteiger partial charge in [0.2, 0.25) is 0 Å². The highest BCUT2D eigenvalue weighted by Crippen LogP contribution is 2.21. The number of amides is 1. The number of benzene rings is 3. The number of carbonyl (C=O) groups excluding carboxylic acids is 1. The van der Waals surface area contributed by atoms with Crippen molar-refractivity contribution in [3.05, 3.63) is 90.0 Å². The molecule has 3 aromatic carbocycles. The largest absolute Gasteiger partial charge is 0.457 e. The lowest BCUT2D eigenvalue weighted by atomic mass is 10.2. The molecule has 0 atom stereocenters. The van der Waals surface area contributed by atoms with Crippen molar-refractivity contribution in [2.45, 2.75) is 0 Å². The molecule has 3 aromatic rings. The highest BCUT2D eigenvalue weighted by molar-refractivity contribution is 5.99. The lowest BCUT2D eigenvalue weighted by Gasteiger charge is -2.06. The summed E-state index contributed by atoms with van der Waals surface area (Å²) < 4.78 is 5.77. The van der Waals surface area contributed by atoms with Gasteiger partial charge in [0.1, 0.15) is 11.5 Å². The summed E-state index contributed by atoms with van der Waals surface area (Å²) in [6, 6.07) is 23.8. The van der Waals surface area contributed by atoms with E-state index in [1.807, 2.05) is 54.6 Å². The van der Waals surface area contributed by atoms with Crippen LogP contribution in [-0.2, 0) is 0 Å². The summed E-state index contributed by atoms with van der Waals surface area (Å²) in [5, 5.41) is 3.97. The van der Waals surface area contributed by atoms with E-state index in [0.717, 1.165) is 11.3 Å². The molecule has 0 bridgehead atoms. The zero-order valence-electron chi connectivity index (χ0n) is 13.4. The number of nitrogens with two attached hydrogens (primary N) is 1. The van der Waals surface area contributed by atoms with E-state index in [4.69, 9.17) is 10.5 Å². The normalized spacial score (nSPS) is 10.6. The summed E-state index contributed by atoms with van der Waals surface area (Å²) in [4.78, 5) is 12.0. The average molecular weight is 331 g/mol. The number of hydrogen-bond acceptors (Lipinski definition) is 4. The van der Waals surface area contributed by atoms with E-state index in [2.05, 4.69) is 10.5 Å². The van der Waals surface area contributed by atoms with E-state index in [0.29, 0.717) is 17.0 Å². The molecule has 0 saturated carbocycles. The van der Waals surface area contributed by atoms with Crippen LogP contribution in [0.1, 0.15) is 15.9 Å². The van der Waals surface area contributed by atoms with Crippen LogP contribution in [-0.4, -0.2) is 12.1 Å². The highest BCUT2D eigenvalue weighted by atomic mass is 16.5. The summed E-state index contributed by atoms with van der Waals surface area (Å²) in [7, 11) is 0. The molecular formula is C20H17N3O2. The molecular weight excluding hydrogens is 314 g/mol. The number of carbonyl (C=O) groups is 1. The molecule has 0 spiro atoms. The van der Waals surface area contributed by atoms with Gasteiger partial charge in [0.15, 0.2) is 0 Å². The summed E-state index contributed by atoms with van der Waals surface area (Å²) in [6.07, 6.45) is 1.55. The van der Waals surface area contributed by atoms with Gasteiger partial charge in [-0.25, -0.2) is 5.43 Å². The maximum absolute atomic E-state index is 12.0. The topological polar surface area (TPSA) is 76.7 Å². The number of ether oxygens (including phenoxy) is 1. The minimum atomic E-state index is -0.356. The number of rotatable bonds is 5. The fourth-order valence-electron chi connectivity index (χ4n) is 2.21. The van der Waals surface area contributed by atoms with Crippen LogP contribution >= 0.6 is 0 Å². The molecule has 0 heterocycles. The van der Waals surface area contributed by atoms with Crippen LogP contribution in [0, 0.1) is 0 Å². The molecule has 0 saturated heterocycles. The van der Waals surface area contributed by atoms with Crippen LogP contribution in [0.25, 0.3) is 0 Å². The molecule has 0 aliphatic heterocycles. The van der Waals surface area contributed by atoms with E-state index in [9.17, 15) is 4.79 Å². The van der Waals surface area contributed by atoms with Crippen LogP contribution in [0.4, 0.5) is 5.69 Å². The van der Waals surface area contributed by atoms with Gasteiger partial charge >= 0.3 is 0 Å². The Labute approximate surface area is 145 Å². The van der Waals surface area contributed by atoms with Crippen LogP contribution in [0.2, 0.25) is 0 Å². The van der Waals surface area contributed by atoms with Crippen molar-refractivity contribution in [3.8, 4) is 11.5 Å². The van der Waals surface area contributed by atoms with Crippen molar-refractivity contribution < 1.29 is 9.53 Å². The van der Waals surface area contributed by atoms with Gasteiger partial charge in [-0.1, -0.05) is 42.5 Å². The van der Waals surface area contributed by atoms with Crippen molar-refractivity contribution in [1.82, 2.24) is 5.43 Å². The van der Waals surface area contributed by atoms with Crippen LogP contribution in [0.5, 0.6) is 11.5 Å². The standard InChI is InChI=1S/C20H17N3O2/c21-19-12-5-4-11-18(19)20(24)23-22-14-15-7-6-10-17(13-15)25-16-8-2-1-3-9-16/h1-14H,21H2,(H,23,24)/b22-14+. The molecule has 0 radical (unpaired) electrons. The predicted molar refractivity (Wildman–Crippen MR) is 98.9 cm³/mol. The average Bonchev–Trinajstić information content (AvgIpc) is 2.63. The molecule has 0 aliphatic carbocycles. The predicted octanol–water partition coefficient (Wildman–Crippen LogP) is 3.83. The van der Waals surface area contributed by atoms with Gasteiger partial charge in [-0.2, -0.15) is 5.10 Å². The quantitative estimate of drug-likeness (QED) is 0.424. The molecule has 0 aliphatic rings. The third-order valence-corrected chi connectivity index (χ3v) is 3.42. The monoisotopic (exact) mass is 331 g/mol. The molecule has 25 heavy (non-hydrogen) atoms. The Morgan fingerprint density at radius 1 is 0.920 bits per heavy atom. The highest BCUT2D eigenvalue weighted by Gasteiger charge is 2.07. The maximum Gasteiger partial charge on any atom is 0.273 e. The molecule has 5 heteroatoms. The minimum absolute atomic E-state index is 0.356. The molecule has 3 N–H and O–H groups in total. The van der Waals surface area contributed by atoms with Gasteiger partial charge in [-0.05, 0) is 42.0 Å². The van der Waals surface area contributed by atoms with Crippen LogP contribution in [0.3, 0.4) is 0 Å². The van der Waals surface area contributed by atoms with Gasteiger partial charge < -0.3 is 10.5 Å². The first-order chi connectivity index (χ1) is 12.2. The number of nitrogens with zero attached hydrogens (tertiary/aromatic N) is 1. The Bertz CT molecular complexity index is 892. The molecule has 0 unspecified atom stereocenters. The zero-order valence-corrected chi connectivity index (χ0v) is 13.4. The van der Waals surface area contributed by atoms with Gasteiger partial charge in [0.05, 0.1) is 11.8 Å². The fourth-order valence-corrected chi connectivity index (χ4v) is 2.21. The third kappa shape index (κ3) is 4.45. The van der Waals surface area contributed by atoms with E-state index in [-0.39, 0.29) is 5.91 Å². The SMILES string of the molecule is Nc1ccccc1C(=O)N/N=C/c1cccc(Oc2ccccc2)c1. The Morgan fingerprint density at radius 2 is 1.64 bits per heavy atom. The first-order valence-electron chi connectivity index (χ1n) is 7.73. The number of anilines is 1. The minimum Gasteiger partial charge on any atom is -0.457 e. The molecule has 3 rings (SSSR count). The van der Waals surface area contributed by atoms with Crippen LogP contribution in [0.15, 0.2) is 84.0 Å². The number of hydrogen-bond donors (Lipinski definition) is 2. The first kappa shape index (κ1) is 16.3. The molecule has 5 nitrogen and oxygen atoms in total. The molecule has 124 valence electrons. The fraction of sp³-hybridized carbons (Fsp3) is 0. The Kier molecular flexibility index (Phi) is 5.07. The van der Waals surface area contributed by atoms with E-state index in [1.54, 1.807) is 30.5 Å². The summed E-state index contributed by atoms with van der Waals surface area (Å²) >= 11 is 0. The van der Waals surface area contributed by atoms with Gasteiger partial charge in [0, 0.05) is 5.69 Å². The summed E-state index contributed by atoms with van der Waals surface area (Å²) in [5.41, 5.74) is 9.84. The van der Waals surface area contributed by atoms with E-state index >= 15 is 0 Å². The Hall–Kier alpha value is -3.60. The zero-order chi connectivity index (χ0) is 17.5. The van der Waals surface area contributed by atoms with Gasteiger partial charge in [-0.15, -0.1) is 0 Å². The number of nitrogens with one attached hydrogen (secondary N) is 1. The number of para-hydroxylation sites is 2. The van der Waals surface area contributed by atoms with Crippen molar-refractivity contribution in [1.29, 1.82) is 0 Å². The summed E-state index contributed by atoms with van der Waals surface area (Å²) in [6.45, 7) is 0. The second-order valence-corrected chi connectivity index (χ2v) is 5.27. The van der Waals surface area contributed by atoms with E-state index < -0.39 is 0 Å².